The third-order valence-corrected chi connectivity index (χ3v) is 3.07. The smallest absolute Gasteiger partial charge is 0.271 e. The van der Waals surface area contributed by atoms with Crippen LogP contribution < -0.4 is 11.2 Å². The summed E-state index contributed by atoms with van der Waals surface area (Å²) in [4.78, 5) is 12.0. The van der Waals surface area contributed by atoms with E-state index in [2.05, 4.69) is 10.5 Å². The Morgan fingerprint density at radius 1 is 1.27 bits per heavy atom. The van der Waals surface area contributed by atoms with E-state index in [-0.39, 0.29) is 11.3 Å². The van der Waals surface area contributed by atoms with Crippen LogP contribution in [0.2, 0.25) is 0 Å². The molecule has 22 heavy (non-hydrogen) atoms. The van der Waals surface area contributed by atoms with Gasteiger partial charge < -0.3 is 10.8 Å². The first-order valence-corrected chi connectivity index (χ1v) is 6.72. The van der Waals surface area contributed by atoms with Gasteiger partial charge in [0.15, 0.2) is 0 Å². The highest BCUT2D eigenvalue weighted by Crippen LogP contribution is 2.20. The Labute approximate surface area is 127 Å². The molecule has 0 aliphatic carbocycles. The van der Waals surface area contributed by atoms with Crippen molar-refractivity contribution in [2.24, 2.45) is 5.10 Å². The molecular formula is C16H16FN3O2. The van der Waals surface area contributed by atoms with Crippen LogP contribution in [0.3, 0.4) is 0 Å². The molecule has 2 rings (SSSR count). The minimum Gasteiger partial charge on any atom is -0.507 e. The molecule has 2 aromatic carbocycles. The number of anilines is 1. The molecule has 0 bridgehead atoms. The van der Waals surface area contributed by atoms with Crippen LogP contribution in [0.4, 0.5) is 10.1 Å². The zero-order valence-electron chi connectivity index (χ0n) is 12.0. The van der Waals surface area contributed by atoms with Crippen molar-refractivity contribution in [1.29, 1.82) is 0 Å². The Morgan fingerprint density at radius 3 is 2.59 bits per heavy atom. The molecule has 114 valence electrons. The Morgan fingerprint density at radius 2 is 1.95 bits per heavy atom. The van der Waals surface area contributed by atoms with E-state index >= 15 is 0 Å². The van der Waals surface area contributed by atoms with Gasteiger partial charge in [-0.15, -0.1) is 0 Å². The van der Waals surface area contributed by atoms with Crippen LogP contribution in [-0.2, 0) is 0 Å². The summed E-state index contributed by atoms with van der Waals surface area (Å²) in [6.07, 6.45) is 0.416. The number of benzene rings is 2. The molecule has 5 nitrogen and oxygen atoms in total. The molecule has 0 fully saturated rings. The van der Waals surface area contributed by atoms with Gasteiger partial charge in [0.05, 0.1) is 5.71 Å². The van der Waals surface area contributed by atoms with E-state index in [0.29, 0.717) is 23.4 Å². The zero-order valence-corrected chi connectivity index (χ0v) is 12.0. The van der Waals surface area contributed by atoms with E-state index in [0.717, 1.165) is 6.07 Å². The number of nitrogen functional groups attached to an aromatic ring is 1. The van der Waals surface area contributed by atoms with Gasteiger partial charge in [-0.05, 0) is 48.9 Å². The number of carbonyl (C=O) groups excluding carboxylic acids is 1. The van der Waals surface area contributed by atoms with Gasteiger partial charge in [-0.1, -0.05) is 6.92 Å². The SMILES string of the molecule is CCC(=NNC(=O)c1ccc(N)cc1)c1cc(F)ccc1O. The van der Waals surface area contributed by atoms with Gasteiger partial charge in [-0.25, -0.2) is 9.82 Å². The number of phenols is 1. The van der Waals surface area contributed by atoms with Crippen LogP contribution in [0.1, 0.15) is 29.3 Å². The number of nitrogens with two attached hydrogens (primary N) is 1. The van der Waals surface area contributed by atoms with Crippen LogP contribution in [0.25, 0.3) is 0 Å². The van der Waals surface area contributed by atoms with E-state index in [9.17, 15) is 14.3 Å². The number of nitrogens with zero attached hydrogens (tertiary/aromatic N) is 1. The zero-order chi connectivity index (χ0) is 16.1. The molecule has 0 aliphatic heterocycles. The lowest BCUT2D eigenvalue weighted by Crippen LogP contribution is -2.20. The minimum absolute atomic E-state index is 0.0938. The van der Waals surface area contributed by atoms with Crippen molar-refractivity contribution in [1.82, 2.24) is 5.43 Å². The normalized spacial score (nSPS) is 11.3. The van der Waals surface area contributed by atoms with E-state index in [1.54, 1.807) is 31.2 Å². The summed E-state index contributed by atoms with van der Waals surface area (Å²) < 4.78 is 13.3. The Balaban J connectivity index is 2.20. The molecular weight excluding hydrogens is 285 g/mol. The molecule has 4 N–H and O–H groups in total. The maximum absolute atomic E-state index is 13.3. The summed E-state index contributed by atoms with van der Waals surface area (Å²) >= 11 is 0. The van der Waals surface area contributed by atoms with Crippen LogP contribution in [0, 0.1) is 5.82 Å². The van der Waals surface area contributed by atoms with E-state index in [4.69, 9.17) is 5.73 Å². The molecule has 0 atom stereocenters. The van der Waals surface area contributed by atoms with Gasteiger partial charge in [0.25, 0.3) is 5.91 Å². The standard InChI is InChI=1S/C16H16FN3O2/c1-2-14(13-9-11(17)5-8-15(13)21)19-20-16(22)10-3-6-12(18)7-4-10/h3-9,21H,2,18H2,1H3,(H,20,22). The molecule has 1 amide bonds. The molecule has 0 aromatic heterocycles. The number of carbonyl (C=O) groups is 1. The van der Waals surface area contributed by atoms with Crippen molar-refractivity contribution >= 4 is 17.3 Å². The van der Waals surface area contributed by atoms with E-state index in [1.165, 1.54) is 12.1 Å². The lowest BCUT2D eigenvalue weighted by atomic mass is 10.1. The van der Waals surface area contributed by atoms with E-state index in [1.807, 2.05) is 0 Å². The predicted molar refractivity (Wildman–Crippen MR) is 83.2 cm³/mol. The van der Waals surface area contributed by atoms with Crippen molar-refractivity contribution < 1.29 is 14.3 Å². The summed E-state index contributed by atoms with van der Waals surface area (Å²) in [6, 6.07) is 9.94. The largest absolute Gasteiger partial charge is 0.507 e. The summed E-state index contributed by atoms with van der Waals surface area (Å²) in [7, 11) is 0. The lowest BCUT2D eigenvalue weighted by Gasteiger charge is -2.07. The summed E-state index contributed by atoms with van der Waals surface area (Å²) in [5.74, 6) is -0.996. The van der Waals surface area contributed by atoms with Crippen molar-refractivity contribution in [3.05, 3.63) is 59.4 Å². The minimum atomic E-state index is -0.487. The summed E-state index contributed by atoms with van der Waals surface area (Å²) in [5, 5.41) is 13.7. The molecule has 0 saturated carbocycles. The number of phenolic OH excluding ortho intramolecular Hbond substituents is 1. The van der Waals surface area contributed by atoms with Crippen LogP contribution in [-0.4, -0.2) is 16.7 Å². The lowest BCUT2D eigenvalue weighted by molar-refractivity contribution is 0.0955. The Bertz CT molecular complexity index is 712. The number of hydrogen-bond donors (Lipinski definition) is 3. The maximum atomic E-state index is 13.3. The number of amides is 1. The first-order chi connectivity index (χ1) is 10.5. The number of rotatable bonds is 4. The third-order valence-electron chi connectivity index (χ3n) is 3.07. The van der Waals surface area contributed by atoms with Crippen molar-refractivity contribution in [2.75, 3.05) is 5.73 Å². The highest BCUT2D eigenvalue weighted by atomic mass is 19.1. The van der Waals surface area contributed by atoms with Gasteiger partial charge in [0, 0.05) is 16.8 Å². The van der Waals surface area contributed by atoms with Crippen LogP contribution >= 0.6 is 0 Å². The average molecular weight is 301 g/mol. The maximum Gasteiger partial charge on any atom is 0.271 e. The first kappa shape index (κ1) is 15.5. The molecule has 0 radical (unpaired) electrons. The Kier molecular flexibility index (Phi) is 4.73. The fraction of sp³-hybridized carbons (Fsp3) is 0.125. The predicted octanol–water partition coefficient (Wildman–Crippen LogP) is 2.66. The Hall–Kier alpha value is -2.89. The second-order valence-corrected chi connectivity index (χ2v) is 4.64. The molecule has 0 spiro atoms. The molecule has 0 saturated heterocycles. The number of halogens is 1. The number of hydrazone groups is 1. The first-order valence-electron chi connectivity index (χ1n) is 6.72. The fourth-order valence-corrected chi connectivity index (χ4v) is 1.89. The molecule has 0 heterocycles. The number of hydrogen-bond acceptors (Lipinski definition) is 4. The number of aromatic hydroxyl groups is 1. The second kappa shape index (κ2) is 6.71. The highest BCUT2D eigenvalue weighted by Gasteiger charge is 2.10. The van der Waals surface area contributed by atoms with Crippen molar-refractivity contribution in [2.45, 2.75) is 13.3 Å². The van der Waals surface area contributed by atoms with Gasteiger partial charge in [-0.2, -0.15) is 5.10 Å². The highest BCUT2D eigenvalue weighted by molar-refractivity contribution is 6.04. The second-order valence-electron chi connectivity index (χ2n) is 4.64. The van der Waals surface area contributed by atoms with Gasteiger partial charge in [0.1, 0.15) is 11.6 Å². The van der Waals surface area contributed by atoms with E-state index < -0.39 is 11.7 Å². The fourth-order valence-electron chi connectivity index (χ4n) is 1.89. The van der Waals surface area contributed by atoms with Crippen LogP contribution in [0.15, 0.2) is 47.6 Å². The third kappa shape index (κ3) is 3.60. The monoisotopic (exact) mass is 301 g/mol. The number of nitrogens with one attached hydrogen (secondary N) is 1. The average Bonchev–Trinajstić information content (AvgIpc) is 2.51. The van der Waals surface area contributed by atoms with Crippen molar-refractivity contribution in [3.63, 3.8) is 0 Å². The summed E-state index contributed by atoms with van der Waals surface area (Å²) in [6.45, 7) is 1.79. The van der Waals surface area contributed by atoms with Crippen LogP contribution in [0.5, 0.6) is 5.75 Å². The molecule has 2 aromatic rings. The van der Waals surface area contributed by atoms with Crippen molar-refractivity contribution in [3.8, 4) is 5.75 Å². The molecule has 6 heteroatoms. The van der Waals surface area contributed by atoms with Gasteiger partial charge in [0.2, 0.25) is 0 Å². The summed E-state index contributed by atoms with van der Waals surface area (Å²) in [5.41, 5.74) is 9.52. The topological polar surface area (TPSA) is 87.7 Å². The molecule has 0 unspecified atom stereocenters. The van der Waals surface area contributed by atoms with Gasteiger partial charge >= 0.3 is 0 Å². The molecule has 0 aliphatic rings. The quantitative estimate of drug-likeness (QED) is 0.461. The van der Waals surface area contributed by atoms with Gasteiger partial charge in [-0.3, -0.25) is 4.79 Å².